The molecule has 0 fully saturated rings. The summed E-state index contributed by atoms with van der Waals surface area (Å²) in [7, 11) is 1.24. The molecule has 0 spiro atoms. The Kier molecular flexibility index (Phi) is 6.45. The summed E-state index contributed by atoms with van der Waals surface area (Å²) in [6, 6.07) is 11.9. The highest BCUT2D eigenvalue weighted by atomic mass is 127. The van der Waals surface area contributed by atoms with E-state index in [4.69, 9.17) is 4.74 Å². The molecule has 0 unspecified atom stereocenters. The number of hydrogen-bond acceptors (Lipinski definition) is 5. The normalized spacial score (nSPS) is 11.4. The van der Waals surface area contributed by atoms with E-state index in [-0.39, 0.29) is 17.7 Å². The number of carbonyl (C=O) groups excluding carboxylic acids is 2. The number of non-ortho nitro benzene ring substituents is 1. The summed E-state index contributed by atoms with van der Waals surface area (Å²) in [5.41, 5.74) is 0.795. The molecule has 7 nitrogen and oxygen atoms in total. The van der Waals surface area contributed by atoms with Gasteiger partial charge in [0.2, 0.25) is 0 Å². The van der Waals surface area contributed by atoms with Crippen LogP contribution in [-0.4, -0.2) is 30.0 Å². The predicted octanol–water partition coefficient (Wildman–Crippen LogP) is 2.71. The van der Waals surface area contributed by atoms with E-state index in [0.29, 0.717) is 0 Å². The Hall–Kier alpha value is -2.49. The Morgan fingerprint density at radius 3 is 2.60 bits per heavy atom. The first-order chi connectivity index (χ1) is 11.9. The number of carbonyl (C=O) groups is 2. The molecule has 2 aromatic rings. The Bertz CT molecular complexity index is 809. The van der Waals surface area contributed by atoms with Crippen LogP contribution in [0.4, 0.5) is 5.69 Å². The smallest absolute Gasteiger partial charge is 0.328 e. The number of nitrogens with one attached hydrogen (secondary N) is 1. The van der Waals surface area contributed by atoms with Crippen LogP contribution in [0.25, 0.3) is 0 Å². The summed E-state index contributed by atoms with van der Waals surface area (Å²) in [6.45, 7) is 0. The lowest BCUT2D eigenvalue weighted by atomic mass is 10.1. The van der Waals surface area contributed by atoms with Gasteiger partial charge >= 0.3 is 5.97 Å². The Balaban J connectivity index is 2.21. The summed E-state index contributed by atoms with van der Waals surface area (Å²) in [5, 5.41) is 13.4. The molecule has 0 bridgehead atoms. The average Bonchev–Trinajstić information content (AvgIpc) is 2.62. The third-order valence-corrected chi connectivity index (χ3v) is 4.54. The van der Waals surface area contributed by atoms with Gasteiger partial charge in [0.05, 0.1) is 12.0 Å². The number of ether oxygens (including phenoxy) is 1. The number of rotatable bonds is 6. The van der Waals surface area contributed by atoms with E-state index in [1.54, 1.807) is 0 Å². The largest absolute Gasteiger partial charge is 0.467 e. The molecule has 0 saturated heterocycles. The van der Waals surface area contributed by atoms with Crippen molar-refractivity contribution in [1.29, 1.82) is 0 Å². The third-order valence-electron chi connectivity index (χ3n) is 3.49. The lowest BCUT2D eigenvalue weighted by Crippen LogP contribution is -2.43. The van der Waals surface area contributed by atoms with Crippen LogP contribution < -0.4 is 5.32 Å². The number of amides is 1. The van der Waals surface area contributed by atoms with Crippen LogP contribution in [0, 0.1) is 13.7 Å². The van der Waals surface area contributed by atoms with Gasteiger partial charge in [0.25, 0.3) is 11.6 Å². The molecule has 0 radical (unpaired) electrons. The molecule has 25 heavy (non-hydrogen) atoms. The Morgan fingerprint density at radius 2 is 1.96 bits per heavy atom. The maximum Gasteiger partial charge on any atom is 0.328 e. The van der Waals surface area contributed by atoms with E-state index >= 15 is 0 Å². The standard InChI is InChI=1S/C17H15IN2O5/c1-25-17(22)15(10-11-5-2-3-8-14(11)18)19-16(21)12-6-4-7-13(9-12)20(23)24/h2-9,15H,10H2,1H3,(H,19,21)/t15-/m0/s1. The molecule has 1 atom stereocenters. The van der Waals surface area contributed by atoms with Crippen LogP contribution in [-0.2, 0) is 16.0 Å². The van der Waals surface area contributed by atoms with Gasteiger partial charge in [-0.3, -0.25) is 14.9 Å². The fourth-order valence-electron chi connectivity index (χ4n) is 2.22. The second-order valence-corrected chi connectivity index (χ2v) is 6.31. The maximum absolute atomic E-state index is 12.4. The molecular weight excluding hydrogens is 439 g/mol. The van der Waals surface area contributed by atoms with E-state index in [2.05, 4.69) is 27.9 Å². The summed E-state index contributed by atoms with van der Waals surface area (Å²) >= 11 is 2.15. The van der Waals surface area contributed by atoms with Gasteiger partial charge in [0, 0.05) is 27.7 Å². The molecule has 0 aliphatic heterocycles. The zero-order valence-corrected chi connectivity index (χ0v) is 15.4. The SMILES string of the molecule is COC(=O)[C@H](Cc1ccccc1I)NC(=O)c1cccc([N+](=O)[O-])c1. The molecule has 0 saturated carbocycles. The number of hydrogen-bond donors (Lipinski definition) is 1. The molecule has 2 aromatic carbocycles. The van der Waals surface area contributed by atoms with E-state index in [1.165, 1.54) is 25.3 Å². The van der Waals surface area contributed by atoms with Crippen LogP contribution in [0.2, 0.25) is 0 Å². The zero-order chi connectivity index (χ0) is 18.4. The number of nitrogens with zero attached hydrogens (tertiary/aromatic N) is 1. The number of esters is 1. The van der Waals surface area contributed by atoms with Gasteiger partial charge in [0.15, 0.2) is 0 Å². The number of methoxy groups -OCH3 is 1. The van der Waals surface area contributed by atoms with Crippen molar-refractivity contribution in [3.63, 3.8) is 0 Å². The molecule has 0 aromatic heterocycles. The second-order valence-electron chi connectivity index (χ2n) is 5.15. The van der Waals surface area contributed by atoms with Crippen molar-refractivity contribution in [3.05, 3.63) is 73.3 Å². The summed E-state index contributed by atoms with van der Waals surface area (Å²) < 4.78 is 5.72. The van der Waals surface area contributed by atoms with Gasteiger partial charge in [-0.15, -0.1) is 0 Å². The third kappa shape index (κ3) is 4.99. The second kappa shape index (κ2) is 8.56. The minimum atomic E-state index is -0.896. The molecule has 8 heteroatoms. The van der Waals surface area contributed by atoms with Gasteiger partial charge < -0.3 is 10.1 Å². The molecule has 1 N–H and O–H groups in total. The fraction of sp³-hybridized carbons (Fsp3) is 0.176. The Labute approximate surface area is 157 Å². The quantitative estimate of drug-likeness (QED) is 0.313. The van der Waals surface area contributed by atoms with Gasteiger partial charge in [-0.05, 0) is 40.3 Å². The highest BCUT2D eigenvalue weighted by molar-refractivity contribution is 14.1. The number of nitro benzene ring substituents is 1. The van der Waals surface area contributed by atoms with Gasteiger partial charge in [-0.25, -0.2) is 4.79 Å². The minimum absolute atomic E-state index is 0.103. The Morgan fingerprint density at radius 1 is 1.24 bits per heavy atom. The van der Waals surface area contributed by atoms with Crippen molar-refractivity contribution in [3.8, 4) is 0 Å². The highest BCUT2D eigenvalue weighted by Crippen LogP contribution is 2.16. The summed E-state index contributed by atoms with van der Waals surface area (Å²) in [4.78, 5) is 34.7. The lowest BCUT2D eigenvalue weighted by molar-refractivity contribution is -0.384. The first kappa shape index (κ1) is 18.8. The van der Waals surface area contributed by atoms with Crippen molar-refractivity contribution < 1.29 is 19.2 Å². The maximum atomic E-state index is 12.4. The first-order valence-corrected chi connectivity index (χ1v) is 8.36. The van der Waals surface area contributed by atoms with E-state index < -0.39 is 22.8 Å². The summed E-state index contributed by atoms with van der Waals surface area (Å²) in [6.07, 6.45) is 0.256. The van der Waals surface area contributed by atoms with Crippen molar-refractivity contribution in [2.24, 2.45) is 0 Å². The van der Waals surface area contributed by atoms with E-state index in [0.717, 1.165) is 15.2 Å². The molecule has 2 rings (SSSR count). The molecule has 0 aliphatic rings. The monoisotopic (exact) mass is 454 g/mol. The molecule has 1 amide bonds. The van der Waals surface area contributed by atoms with Gasteiger partial charge in [-0.2, -0.15) is 0 Å². The fourth-order valence-corrected chi connectivity index (χ4v) is 2.83. The number of benzene rings is 2. The topological polar surface area (TPSA) is 98.5 Å². The molecule has 0 heterocycles. The predicted molar refractivity (Wildman–Crippen MR) is 99.2 cm³/mol. The van der Waals surface area contributed by atoms with Gasteiger partial charge in [0.1, 0.15) is 6.04 Å². The summed E-state index contributed by atoms with van der Waals surface area (Å²) in [5.74, 6) is -1.16. The highest BCUT2D eigenvalue weighted by Gasteiger charge is 2.24. The number of halogens is 1. The first-order valence-electron chi connectivity index (χ1n) is 7.29. The zero-order valence-electron chi connectivity index (χ0n) is 13.3. The molecular formula is C17H15IN2O5. The van der Waals surface area contributed by atoms with Crippen molar-refractivity contribution in [1.82, 2.24) is 5.32 Å². The van der Waals surface area contributed by atoms with E-state index in [9.17, 15) is 19.7 Å². The van der Waals surface area contributed by atoms with Crippen LogP contribution in [0.15, 0.2) is 48.5 Å². The van der Waals surface area contributed by atoms with E-state index in [1.807, 2.05) is 24.3 Å². The minimum Gasteiger partial charge on any atom is -0.467 e. The van der Waals surface area contributed by atoms with Crippen molar-refractivity contribution in [2.75, 3.05) is 7.11 Å². The number of nitro groups is 1. The molecule has 130 valence electrons. The van der Waals surface area contributed by atoms with Crippen molar-refractivity contribution in [2.45, 2.75) is 12.5 Å². The lowest BCUT2D eigenvalue weighted by Gasteiger charge is -2.17. The van der Waals surface area contributed by atoms with Crippen LogP contribution in [0.3, 0.4) is 0 Å². The average molecular weight is 454 g/mol. The molecule has 0 aliphatic carbocycles. The van der Waals surface area contributed by atoms with Gasteiger partial charge in [-0.1, -0.05) is 24.3 Å². The van der Waals surface area contributed by atoms with Crippen LogP contribution in [0.1, 0.15) is 15.9 Å². The van der Waals surface area contributed by atoms with Crippen LogP contribution >= 0.6 is 22.6 Å². The van der Waals surface area contributed by atoms with Crippen molar-refractivity contribution >= 4 is 40.2 Å². The van der Waals surface area contributed by atoms with Crippen LogP contribution in [0.5, 0.6) is 0 Å².